The summed E-state index contributed by atoms with van der Waals surface area (Å²) >= 11 is 5.76. The summed E-state index contributed by atoms with van der Waals surface area (Å²) < 4.78 is 13.5. The van der Waals surface area contributed by atoms with Crippen LogP contribution in [-0.4, -0.2) is 58.9 Å². The summed E-state index contributed by atoms with van der Waals surface area (Å²) in [5, 5.41) is 19.8. The molecule has 11 nitrogen and oxygen atoms in total. The first-order valence-corrected chi connectivity index (χ1v) is 14.0. The highest BCUT2D eigenvalue weighted by Gasteiger charge is 2.30. The van der Waals surface area contributed by atoms with Gasteiger partial charge in [-0.15, -0.1) is 0 Å². The normalized spacial score (nSPS) is 13.5. The number of carbonyl (C=O) groups is 5. The Morgan fingerprint density at radius 2 is 1.48 bits per heavy atom. The average Bonchev–Trinajstić information content (AvgIpc) is 2.99. The van der Waals surface area contributed by atoms with E-state index in [4.69, 9.17) is 17.3 Å². The number of amides is 5. The minimum atomic E-state index is -1.41. The largest absolute Gasteiger partial charge is 0.391 e. The second-order valence-corrected chi connectivity index (χ2v) is 10.5. The summed E-state index contributed by atoms with van der Waals surface area (Å²) in [6.45, 7) is 2.64. The molecule has 0 radical (unpaired) electrons. The van der Waals surface area contributed by atoms with Crippen LogP contribution in [0.15, 0.2) is 72.8 Å². The summed E-state index contributed by atoms with van der Waals surface area (Å²) in [6.07, 6.45) is -1.74. The van der Waals surface area contributed by atoms with Gasteiger partial charge in [-0.25, -0.2) is 4.39 Å². The fourth-order valence-corrected chi connectivity index (χ4v) is 4.28. The van der Waals surface area contributed by atoms with Gasteiger partial charge in [-0.3, -0.25) is 24.0 Å². The van der Waals surface area contributed by atoms with E-state index in [1.54, 1.807) is 24.3 Å². The molecule has 7 N–H and O–H groups in total. The zero-order chi connectivity index (χ0) is 32.4. The lowest BCUT2D eigenvalue weighted by Gasteiger charge is -2.24. The summed E-state index contributed by atoms with van der Waals surface area (Å²) in [7, 11) is 0. The molecular weight excluding hydrogens is 593 g/mol. The van der Waals surface area contributed by atoms with Crippen molar-refractivity contribution in [2.75, 3.05) is 5.32 Å². The molecule has 0 heterocycles. The van der Waals surface area contributed by atoms with Crippen LogP contribution in [0.5, 0.6) is 0 Å². The molecule has 3 aromatic rings. The molecule has 44 heavy (non-hydrogen) atoms. The van der Waals surface area contributed by atoms with Crippen LogP contribution < -0.4 is 27.0 Å². The van der Waals surface area contributed by atoms with Crippen LogP contribution in [-0.2, 0) is 19.2 Å². The Labute approximate surface area is 258 Å². The molecule has 0 unspecified atom stereocenters. The van der Waals surface area contributed by atoms with E-state index in [1.165, 1.54) is 26.0 Å². The van der Waals surface area contributed by atoms with Gasteiger partial charge in [0.15, 0.2) is 0 Å². The number of anilines is 1. The van der Waals surface area contributed by atoms with Crippen molar-refractivity contribution in [2.45, 2.75) is 50.9 Å². The van der Waals surface area contributed by atoms with Crippen molar-refractivity contribution in [3.63, 3.8) is 0 Å². The molecule has 0 fully saturated rings. The predicted octanol–water partition coefficient (Wildman–Crippen LogP) is 2.52. The molecule has 5 amide bonds. The molecular formula is C31H33ClFN5O6. The summed E-state index contributed by atoms with van der Waals surface area (Å²) in [5.74, 6) is -4.42. The summed E-state index contributed by atoms with van der Waals surface area (Å²) in [5.41, 5.74) is 7.45. The molecule has 4 atom stereocenters. The number of nitrogens with one attached hydrogen (secondary N) is 4. The third kappa shape index (κ3) is 9.61. The first-order valence-electron chi connectivity index (χ1n) is 13.6. The van der Waals surface area contributed by atoms with E-state index >= 15 is 0 Å². The Morgan fingerprint density at radius 1 is 0.841 bits per heavy atom. The monoisotopic (exact) mass is 625 g/mol. The van der Waals surface area contributed by atoms with Gasteiger partial charge in [0.05, 0.1) is 11.1 Å². The van der Waals surface area contributed by atoms with Crippen LogP contribution in [0.25, 0.3) is 11.1 Å². The summed E-state index contributed by atoms with van der Waals surface area (Å²) in [4.78, 5) is 63.0. The van der Waals surface area contributed by atoms with Crippen LogP contribution in [0.4, 0.5) is 10.1 Å². The summed E-state index contributed by atoms with van der Waals surface area (Å²) in [6, 6.07) is 15.8. The Balaban J connectivity index is 1.63. The third-order valence-corrected chi connectivity index (χ3v) is 6.85. The number of halogens is 2. The van der Waals surface area contributed by atoms with Gasteiger partial charge >= 0.3 is 0 Å². The number of carbonyl (C=O) groups excluding carboxylic acids is 5. The topological polar surface area (TPSA) is 180 Å². The lowest BCUT2D eigenvalue weighted by molar-refractivity contribution is -0.132. The van der Waals surface area contributed by atoms with Gasteiger partial charge < -0.3 is 32.1 Å². The highest BCUT2D eigenvalue weighted by molar-refractivity contribution is 6.31. The van der Waals surface area contributed by atoms with Crippen molar-refractivity contribution in [3.05, 3.63) is 89.2 Å². The lowest BCUT2D eigenvalue weighted by Crippen LogP contribution is -2.57. The van der Waals surface area contributed by atoms with Gasteiger partial charge in [0, 0.05) is 17.7 Å². The van der Waals surface area contributed by atoms with E-state index in [-0.39, 0.29) is 29.1 Å². The van der Waals surface area contributed by atoms with Gasteiger partial charge in [0.2, 0.25) is 23.6 Å². The molecule has 0 aromatic heterocycles. The minimum Gasteiger partial charge on any atom is -0.391 e. The van der Waals surface area contributed by atoms with Crippen molar-refractivity contribution < 1.29 is 33.5 Å². The molecule has 13 heteroatoms. The molecule has 0 aliphatic rings. The van der Waals surface area contributed by atoms with Crippen molar-refractivity contribution in [3.8, 4) is 11.1 Å². The number of aliphatic hydroxyl groups is 1. The van der Waals surface area contributed by atoms with Crippen molar-refractivity contribution in [1.82, 2.24) is 16.0 Å². The highest BCUT2D eigenvalue weighted by atomic mass is 35.5. The molecule has 3 rings (SSSR count). The molecule has 0 saturated heterocycles. The zero-order valence-corrected chi connectivity index (χ0v) is 24.7. The van der Waals surface area contributed by atoms with Crippen molar-refractivity contribution in [1.29, 1.82) is 0 Å². The fraction of sp³-hybridized carbons (Fsp3) is 0.258. The van der Waals surface area contributed by atoms with Crippen molar-refractivity contribution in [2.24, 2.45) is 5.73 Å². The first-order chi connectivity index (χ1) is 20.8. The molecule has 0 aliphatic carbocycles. The smallest absolute Gasteiger partial charge is 0.252 e. The molecule has 0 bridgehead atoms. The number of aliphatic hydroxyl groups excluding tert-OH is 1. The van der Waals surface area contributed by atoms with Crippen LogP contribution in [0.3, 0.4) is 0 Å². The third-order valence-electron chi connectivity index (χ3n) is 6.56. The molecule has 3 aromatic carbocycles. The van der Waals surface area contributed by atoms with E-state index in [2.05, 4.69) is 21.3 Å². The standard InChI is InChI=1S/C31H33ClFN5O6/c1-17(28(41)37-25(14-15-26(34)40)30(43)36-22-12-13-24(33)23(32)16-22)35-31(44)27(18(2)39)38-29(42)21-10-8-20(9-11-21)19-6-4-3-5-7-19/h3-13,16-18,25,27,39H,14-15H2,1-2H3,(H2,34,40)(H,35,44)(H,36,43)(H,37,41)(H,38,42)/t17-,18+,25-,27-/m0/s1. The Morgan fingerprint density at radius 3 is 2.07 bits per heavy atom. The molecule has 0 spiro atoms. The van der Waals surface area contributed by atoms with E-state index in [9.17, 15) is 33.5 Å². The number of primary amides is 1. The highest BCUT2D eigenvalue weighted by Crippen LogP contribution is 2.20. The number of benzene rings is 3. The average molecular weight is 626 g/mol. The Bertz CT molecular complexity index is 1500. The van der Waals surface area contributed by atoms with E-state index in [0.29, 0.717) is 0 Å². The minimum absolute atomic E-state index is 0.145. The first kappa shape index (κ1) is 33.7. The number of hydrogen-bond acceptors (Lipinski definition) is 6. The van der Waals surface area contributed by atoms with Crippen LogP contribution >= 0.6 is 11.6 Å². The van der Waals surface area contributed by atoms with Crippen LogP contribution in [0.1, 0.15) is 37.0 Å². The maximum absolute atomic E-state index is 13.5. The van der Waals surface area contributed by atoms with E-state index in [1.807, 2.05) is 30.3 Å². The van der Waals surface area contributed by atoms with Gasteiger partial charge in [-0.05, 0) is 61.7 Å². The Hall–Kier alpha value is -4.81. The van der Waals surface area contributed by atoms with Gasteiger partial charge in [0.25, 0.3) is 5.91 Å². The van der Waals surface area contributed by atoms with Gasteiger partial charge in [0.1, 0.15) is 23.9 Å². The van der Waals surface area contributed by atoms with Gasteiger partial charge in [-0.2, -0.15) is 0 Å². The maximum Gasteiger partial charge on any atom is 0.252 e. The molecule has 232 valence electrons. The second kappa shape index (κ2) is 15.6. The van der Waals surface area contributed by atoms with Crippen LogP contribution in [0.2, 0.25) is 5.02 Å². The zero-order valence-electron chi connectivity index (χ0n) is 24.0. The van der Waals surface area contributed by atoms with Gasteiger partial charge in [-0.1, -0.05) is 54.1 Å². The number of nitrogens with two attached hydrogens (primary N) is 1. The molecule has 0 saturated carbocycles. The quantitative estimate of drug-likeness (QED) is 0.170. The lowest BCUT2D eigenvalue weighted by atomic mass is 10.0. The fourth-order valence-electron chi connectivity index (χ4n) is 4.10. The molecule has 0 aliphatic heterocycles. The number of hydrogen-bond donors (Lipinski definition) is 6. The Kier molecular flexibility index (Phi) is 11.9. The van der Waals surface area contributed by atoms with Crippen molar-refractivity contribution >= 4 is 46.8 Å². The van der Waals surface area contributed by atoms with Crippen LogP contribution in [0, 0.1) is 5.82 Å². The number of rotatable bonds is 13. The van der Waals surface area contributed by atoms with E-state index < -0.39 is 59.6 Å². The SMILES string of the molecule is C[C@H](NC(=O)[C@@H](NC(=O)c1ccc(-c2ccccc2)cc1)[C@@H](C)O)C(=O)N[C@@H](CCC(N)=O)C(=O)Nc1ccc(F)c(Cl)c1. The maximum atomic E-state index is 13.5. The van der Waals surface area contributed by atoms with E-state index in [0.717, 1.165) is 17.2 Å². The predicted molar refractivity (Wildman–Crippen MR) is 163 cm³/mol. The second-order valence-electron chi connectivity index (χ2n) is 10.0.